The summed E-state index contributed by atoms with van der Waals surface area (Å²) in [6.45, 7) is 3.39. The van der Waals surface area contributed by atoms with Crippen molar-refractivity contribution in [3.8, 4) is 6.07 Å². The number of esters is 1. The first-order chi connectivity index (χ1) is 7.61. The summed E-state index contributed by atoms with van der Waals surface area (Å²) in [5, 5.41) is 8.65. The van der Waals surface area contributed by atoms with Crippen molar-refractivity contribution in [2.75, 3.05) is 0 Å². The maximum absolute atomic E-state index is 10.6. The molecule has 0 aliphatic carbocycles. The topological polar surface area (TPSA) is 50.1 Å². The Hall–Kier alpha value is -2.08. The maximum atomic E-state index is 10.6. The molecule has 0 N–H and O–H groups in total. The maximum Gasteiger partial charge on any atom is 0.302 e. The minimum Gasteiger partial charge on any atom is -0.461 e. The molecule has 0 aromatic heterocycles. The lowest BCUT2D eigenvalue weighted by Crippen LogP contribution is -1.98. The average molecular weight is 215 g/mol. The van der Waals surface area contributed by atoms with Crippen LogP contribution in [0.15, 0.2) is 29.8 Å². The number of rotatable bonds is 3. The molecule has 0 aliphatic heterocycles. The van der Waals surface area contributed by atoms with Gasteiger partial charge in [0.2, 0.25) is 0 Å². The normalized spacial score (nSPS) is 10.7. The molecule has 0 amide bonds. The third kappa shape index (κ3) is 3.97. The summed E-state index contributed by atoms with van der Waals surface area (Å²) in [6, 6.07) is 9.60. The zero-order valence-corrected chi connectivity index (χ0v) is 9.36. The lowest BCUT2D eigenvalue weighted by atomic mass is 10.1. The highest BCUT2D eigenvalue weighted by Gasteiger charge is 1.97. The fourth-order valence-corrected chi connectivity index (χ4v) is 1.24. The van der Waals surface area contributed by atoms with Crippen LogP contribution in [0.4, 0.5) is 0 Å². The number of hydrogen-bond donors (Lipinski definition) is 0. The van der Waals surface area contributed by atoms with Gasteiger partial charge in [-0.3, -0.25) is 4.79 Å². The third-order valence-electron chi connectivity index (χ3n) is 1.95. The first-order valence-electron chi connectivity index (χ1n) is 4.92. The standard InChI is InChI=1S/C13H13NO2/c1-10(8-14)6-12-4-3-5-13(7-12)9-16-11(2)15/h3-7H,9H2,1-2H3. The van der Waals surface area contributed by atoms with Crippen LogP contribution in [0.3, 0.4) is 0 Å². The van der Waals surface area contributed by atoms with E-state index in [-0.39, 0.29) is 12.6 Å². The van der Waals surface area contributed by atoms with Gasteiger partial charge in [-0.1, -0.05) is 18.2 Å². The van der Waals surface area contributed by atoms with Crippen molar-refractivity contribution in [2.24, 2.45) is 0 Å². The van der Waals surface area contributed by atoms with E-state index in [1.165, 1.54) is 6.92 Å². The molecule has 1 aromatic carbocycles. The van der Waals surface area contributed by atoms with Gasteiger partial charge in [-0.2, -0.15) is 5.26 Å². The highest BCUT2D eigenvalue weighted by atomic mass is 16.5. The van der Waals surface area contributed by atoms with Crippen molar-refractivity contribution in [3.63, 3.8) is 0 Å². The van der Waals surface area contributed by atoms with Crippen molar-refractivity contribution < 1.29 is 9.53 Å². The van der Waals surface area contributed by atoms with Crippen molar-refractivity contribution >= 4 is 12.0 Å². The molecule has 1 aromatic rings. The molecule has 0 saturated carbocycles. The van der Waals surface area contributed by atoms with E-state index in [9.17, 15) is 4.79 Å². The Bertz CT molecular complexity index is 455. The second-order valence-corrected chi connectivity index (χ2v) is 3.46. The molecule has 0 aliphatic rings. The highest BCUT2D eigenvalue weighted by molar-refractivity contribution is 5.66. The lowest BCUT2D eigenvalue weighted by Gasteiger charge is -2.03. The van der Waals surface area contributed by atoms with Crippen molar-refractivity contribution in [1.82, 2.24) is 0 Å². The Kier molecular flexibility index (Phi) is 4.28. The number of ether oxygens (including phenoxy) is 1. The van der Waals surface area contributed by atoms with Crippen LogP contribution < -0.4 is 0 Å². The van der Waals surface area contributed by atoms with Gasteiger partial charge in [0.1, 0.15) is 6.61 Å². The molecule has 0 heterocycles. The van der Waals surface area contributed by atoms with Crippen LogP contribution in [0.5, 0.6) is 0 Å². The number of nitriles is 1. The lowest BCUT2D eigenvalue weighted by molar-refractivity contribution is -0.142. The molecule has 1 rings (SSSR count). The van der Waals surface area contributed by atoms with Crippen molar-refractivity contribution in [2.45, 2.75) is 20.5 Å². The van der Waals surface area contributed by atoms with E-state index in [0.29, 0.717) is 5.57 Å². The molecule has 0 unspecified atom stereocenters. The summed E-state index contributed by atoms with van der Waals surface area (Å²) in [7, 11) is 0. The molecule has 0 saturated heterocycles. The zero-order valence-electron chi connectivity index (χ0n) is 9.36. The van der Waals surface area contributed by atoms with Gasteiger partial charge in [0.25, 0.3) is 0 Å². The summed E-state index contributed by atoms with van der Waals surface area (Å²) in [4.78, 5) is 10.6. The van der Waals surface area contributed by atoms with Crippen LogP contribution in [0, 0.1) is 11.3 Å². The van der Waals surface area contributed by atoms with E-state index in [4.69, 9.17) is 10.00 Å². The quantitative estimate of drug-likeness (QED) is 0.575. The number of benzene rings is 1. The second-order valence-electron chi connectivity index (χ2n) is 3.46. The largest absolute Gasteiger partial charge is 0.461 e. The van der Waals surface area contributed by atoms with E-state index in [2.05, 4.69) is 6.07 Å². The number of nitrogens with zero attached hydrogens (tertiary/aromatic N) is 1. The Morgan fingerprint density at radius 2 is 2.25 bits per heavy atom. The first-order valence-corrected chi connectivity index (χ1v) is 4.92. The van der Waals surface area contributed by atoms with Gasteiger partial charge in [-0.05, 0) is 30.2 Å². The highest BCUT2D eigenvalue weighted by Crippen LogP contribution is 2.10. The van der Waals surface area contributed by atoms with Crippen LogP contribution in [0.25, 0.3) is 6.08 Å². The molecule has 0 atom stereocenters. The molecule has 0 spiro atoms. The van der Waals surface area contributed by atoms with Gasteiger partial charge in [0, 0.05) is 12.5 Å². The van der Waals surface area contributed by atoms with Gasteiger partial charge in [-0.15, -0.1) is 0 Å². The molecular weight excluding hydrogens is 202 g/mol. The third-order valence-corrected chi connectivity index (χ3v) is 1.95. The summed E-state index contributed by atoms with van der Waals surface area (Å²) in [5.41, 5.74) is 2.49. The molecule has 0 fully saturated rings. The number of allylic oxidation sites excluding steroid dienone is 1. The van der Waals surface area contributed by atoms with E-state index in [1.807, 2.05) is 24.3 Å². The summed E-state index contributed by atoms with van der Waals surface area (Å²) < 4.78 is 4.89. The predicted octanol–water partition coefficient (Wildman–Crippen LogP) is 2.68. The molecule has 3 nitrogen and oxygen atoms in total. The SMILES string of the molecule is CC(=O)OCc1cccc(C=C(C)C#N)c1. The molecule has 0 bridgehead atoms. The monoisotopic (exact) mass is 215 g/mol. The summed E-state index contributed by atoms with van der Waals surface area (Å²) in [5.74, 6) is -0.297. The van der Waals surface area contributed by atoms with Gasteiger partial charge in [0.15, 0.2) is 0 Å². The Morgan fingerprint density at radius 3 is 2.88 bits per heavy atom. The molecular formula is C13H13NO2. The van der Waals surface area contributed by atoms with Crippen LogP contribution in [0.1, 0.15) is 25.0 Å². The zero-order chi connectivity index (χ0) is 12.0. The fraction of sp³-hybridized carbons (Fsp3) is 0.231. The number of carbonyl (C=O) groups excluding carboxylic acids is 1. The summed E-state index contributed by atoms with van der Waals surface area (Å²) >= 11 is 0. The number of hydrogen-bond acceptors (Lipinski definition) is 3. The van der Waals surface area contributed by atoms with Gasteiger partial charge < -0.3 is 4.74 Å². The second kappa shape index (κ2) is 5.72. The van der Waals surface area contributed by atoms with Crippen LogP contribution >= 0.6 is 0 Å². The van der Waals surface area contributed by atoms with E-state index < -0.39 is 0 Å². The van der Waals surface area contributed by atoms with E-state index in [1.54, 1.807) is 13.0 Å². The molecule has 82 valence electrons. The first kappa shape index (κ1) is 12.0. The Labute approximate surface area is 95.0 Å². The summed E-state index contributed by atoms with van der Waals surface area (Å²) in [6.07, 6.45) is 1.79. The van der Waals surface area contributed by atoms with Crippen molar-refractivity contribution in [3.05, 3.63) is 41.0 Å². The number of carbonyl (C=O) groups is 1. The smallest absolute Gasteiger partial charge is 0.302 e. The molecule has 0 radical (unpaired) electrons. The van der Waals surface area contributed by atoms with Crippen LogP contribution in [0.2, 0.25) is 0 Å². The van der Waals surface area contributed by atoms with E-state index in [0.717, 1.165) is 11.1 Å². The minimum absolute atomic E-state index is 0.266. The fourth-order valence-electron chi connectivity index (χ4n) is 1.24. The van der Waals surface area contributed by atoms with Gasteiger partial charge in [-0.25, -0.2) is 0 Å². The minimum atomic E-state index is -0.297. The van der Waals surface area contributed by atoms with Gasteiger partial charge in [0.05, 0.1) is 6.07 Å². The van der Waals surface area contributed by atoms with Crippen LogP contribution in [-0.4, -0.2) is 5.97 Å². The molecule has 16 heavy (non-hydrogen) atoms. The van der Waals surface area contributed by atoms with Gasteiger partial charge >= 0.3 is 5.97 Å². The van der Waals surface area contributed by atoms with E-state index >= 15 is 0 Å². The van der Waals surface area contributed by atoms with Crippen molar-refractivity contribution in [1.29, 1.82) is 5.26 Å². The van der Waals surface area contributed by atoms with Crippen LogP contribution in [-0.2, 0) is 16.1 Å². The Balaban J connectivity index is 2.80. The molecule has 3 heteroatoms. The predicted molar refractivity (Wildman–Crippen MR) is 61.2 cm³/mol. The Morgan fingerprint density at radius 1 is 1.50 bits per heavy atom. The average Bonchev–Trinajstić information content (AvgIpc) is 2.26.